The summed E-state index contributed by atoms with van der Waals surface area (Å²) in [5, 5.41) is 0.753. The first kappa shape index (κ1) is 11.4. The molecule has 0 radical (unpaired) electrons. The number of benzene rings is 1. The summed E-state index contributed by atoms with van der Waals surface area (Å²) >= 11 is 7.60. The van der Waals surface area contributed by atoms with Gasteiger partial charge in [-0.25, -0.2) is 4.99 Å². The van der Waals surface area contributed by atoms with Crippen LogP contribution in [0.1, 0.15) is 10.4 Å². The third-order valence-corrected chi connectivity index (χ3v) is 3.53. The average molecular weight is 253 g/mol. The first-order chi connectivity index (χ1) is 7.56. The standard InChI is InChI=1S/C12H13ClN2S/c1-8-6-10(13)4-5-11(8)14-12-15(3)7-9(2)16-12/h4-7H,1-3H3. The van der Waals surface area contributed by atoms with Crippen molar-refractivity contribution in [3.8, 4) is 0 Å². The fourth-order valence-corrected chi connectivity index (χ4v) is 2.59. The summed E-state index contributed by atoms with van der Waals surface area (Å²) in [6.07, 6.45) is 2.08. The maximum absolute atomic E-state index is 5.91. The van der Waals surface area contributed by atoms with Crippen molar-refractivity contribution in [2.75, 3.05) is 0 Å². The van der Waals surface area contributed by atoms with Gasteiger partial charge in [-0.2, -0.15) is 0 Å². The van der Waals surface area contributed by atoms with Gasteiger partial charge in [0.15, 0.2) is 4.80 Å². The molecule has 0 unspecified atom stereocenters. The molecule has 0 N–H and O–H groups in total. The number of rotatable bonds is 1. The normalized spacial score (nSPS) is 12.1. The molecule has 0 atom stereocenters. The van der Waals surface area contributed by atoms with E-state index >= 15 is 0 Å². The number of aryl methyl sites for hydroxylation is 3. The van der Waals surface area contributed by atoms with Crippen LogP contribution in [0, 0.1) is 13.8 Å². The molecule has 2 nitrogen and oxygen atoms in total. The predicted molar refractivity (Wildman–Crippen MR) is 69.4 cm³/mol. The van der Waals surface area contributed by atoms with E-state index in [1.807, 2.05) is 36.7 Å². The van der Waals surface area contributed by atoms with E-state index in [-0.39, 0.29) is 0 Å². The Labute approximate surface area is 104 Å². The maximum atomic E-state index is 5.91. The number of hydrogen-bond donors (Lipinski definition) is 0. The van der Waals surface area contributed by atoms with Gasteiger partial charge in [0.25, 0.3) is 0 Å². The van der Waals surface area contributed by atoms with Crippen LogP contribution in [0.2, 0.25) is 5.02 Å². The molecule has 1 aromatic heterocycles. The zero-order valence-corrected chi connectivity index (χ0v) is 11.1. The molecule has 0 aliphatic carbocycles. The van der Waals surface area contributed by atoms with Gasteiger partial charge in [-0.3, -0.25) is 0 Å². The van der Waals surface area contributed by atoms with Crippen LogP contribution in [-0.4, -0.2) is 4.57 Å². The Hall–Kier alpha value is -1.06. The van der Waals surface area contributed by atoms with Crippen LogP contribution in [0.25, 0.3) is 0 Å². The smallest absolute Gasteiger partial charge is 0.189 e. The number of halogens is 1. The minimum Gasteiger partial charge on any atom is -0.326 e. The lowest BCUT2D eigenvalue weighted by Gasteiger charge is -1.99. The molecular formula is C12H13ClN2S. The highest BCUT2D eigenvalue weighted by molar-refractivity contribution is 7.09. The van der Waals surface area contributed by atoms with Crippen LogP contribution in [-0.2, 0) is 7.05 Å². The highest BCUT2D eigenvalue weighted by Gasteiger charge is 1.99. The molecule has 84 valence electrons. The molecule has 1 aromatic carbocycles. The van der Waals surface area contributed by atoms with E-state index in [0.29, 0.717) is 0 Å². The molecule has 0 saturated carbocycles. The number of aromatic nitrogens is 1. The van der Waals surface area contributed by atoms with Crippen molar-refractivity contribution in [3.05, 3.63) is 44.7 Å². The van der Waals surface area contributed by atoms with Crippen LogP contribution >= 0.6 is 22.9 Å². The molecule has 0 amide bonds. The second-order valence-corrected chi connectivity index (χ2v) is 5.43. The monoisotopic (exact) mass is 252 g/mol. The van der Waals surface area contributed by atoms with Crippen molar-refractivity contribution in [1.29, 1.82) is 0 Å². The highest BCUT2D eigenvalue weighted by atomic mass is 35.5. The number of thiazole rings is 1. The Balaban J connectivity index is 2.54. The summed E-state index contributed by atoms with van der Waals surface area (Å²) in [6.45, 7) is 4.10. The van der Waals surface area contributed by atoms with Gasteiger partial charge in [-0.1, -0.05) is 11.6 Å². The van der Waals surface area contributed by atoms with Crippen LogP contribution in [0.5, 0.6) is 0 Å². The lowest BCUT2D eigenvalue weighted by molar-refractivity contribution is 0.870. The Morgan fingerprint density at radius 1 is 1.31 bits per heavy atom. The second kappa shape index (κ2) is 4.44. The van der Waals surface area contributed by atoms with E-state index in [9.17, 15) is 0 Å². The third kappa shape index (κ3) is 2.36. The summed E-state index contributed by atoms with van der Waals surface area (Å²) in [5.41, 5.74) is 2.07. The van der Waals surface area contributed by atoms with E-state index in [1.165, 1.54) is 4.88 Å². The van der Waals surface area contributed by atoms with Crippen LogP contribution in [0.3, 0.4) is 0 Å². The minimum absolute atomic E-state index is 0.753. The molecule has 0 aliphatic rings. The summed E-state index contributed by atoms with van der Waals surface area (Å²) in [5.74, 6) is 0. The summed E-state index contributed by atoms with van der Waals surface area (Å²) in [4.78, 5) is 6.88. The Bertz CT molecular complexity index is 581. The largest absolute Gasteiger partial charge is 0.326 e. The van der Waals surface area contributed by atoms with Gasteiger partial charge in [0, 0.05) is 23.1 Å². The molecular weight excluding hydrogens is 240 g/mol. The Morgan fingerprint density at radius 3 is 2.62 bits per heavy atom. The Kier molecular flexibility index (Phi) is 3.17. The topological polar surface area (TPSA) is 17.3 Å². The van der Waals surface area contributed by atoms with Crippen LogP contribution in [0.15, 0.2) is 29.4 Å². The SMILES string of the molecule is Cc1cn(C)c(=Nc2ccc(Cl)cc2C)s1. The fourth-order valence-electron chi connectivity index (χ4n) is 1.52. The zero-order valence-electron chi connectivity index (χ0n) is 9.49. The van der Waals surface area contributed by atoms with Gasteiger partial charge in [0.1, 0.15) is 0 Å². The maximum Gasteiger partial charge on any atom is 0.189 e. The molecule has 4 heteroatoms. The van der Waals surface area contributed by atoms with Crippen molar-refractivity contribution in [2.45, 2.75) is 13.8 Å². The molecule has 2 aromatic rings. The Morgan fingerprint density at radius 2 is 2.06 bits per heavy atom. The second-order valence-electron chi connectivity index (χ2n) is 3.78. The molecule has 2 rings (SSSR count). The van der Waals surface area contributed by atoms with Gasteiger partial charge in [-0.15, -0.1) is 11.3 Å². The molecule has 0 aliphatic heterocycles. The lowest BCUT2D eigenvalue weighted by atomic mass is 10.2. The summed E-state index contributed by atoms with van der Waals surface area (Å²) in [7, 11) is 2.01. The predicted octanol–water partition coefficient (Wildman–Crippen LogP) is 3.59. The van der Waals surface area contributed by atoms with E-state index in [4.69, 9.17) is 11.6 Å². The molecule has 1 heterocycles. The summed E-state index contributed by atoms with van der Waals surface area (Å²) < 4.78 is 2.04. The quantitative estimate of drug-likeness (QED) is 0.738. The highest BCUT2D eigenvalue weighted by Crippen LogP contribution is 2.21. The average Bonchev–Trinajstić information content (AvgIpc) is 2.50. The zero-order chi connectivity index (χ0) is 11.7. The van der Waals surface area contributed by atoms with Crippen molar-refractivity contribution < 1.29 is 0 Å². The molecule has 0 spiro atoms. The molecule has 0 fully saturated rings. The van der Waals surface area contributed by atoms with Gasteiger partial charge in [0.2, 0.25) is 0 Å². The van der Waals surface area contributed by atoms with Crippen molar-refractivity contribution in [2.24, 2.45) is 12.0 Å². The van der Waals surface area contributed by atoms with Crippen molar-refractivity contribution in [1.82, 2.24) is 4.57 Å². The van der Waals surface area contributed by atoms with Crippen LogP contribution < -0.4 is 4.80 Å². The van der Waals surface area contributed by atoms with Gasteiger partial charge >= 0.3 is 0 Å². The van der Waals surface area contributed by atoms with Crippen molar-refractivity contribution in [3.63, 3.8) is 0 Å². The number of nitrogens with zero attached hydrogens (tertiary/aromatic N) is 2. The fraction of sp³-hybridized carbons (Fsp3) is 0.250. The van der Waals surface area contributed by atoms with Gasteiger partial charge in [-0.05, 0) is 37.6 Å². The third-order valence-electron chi connectivity index (χ3n) is 2.30. The van der Waals surface area contributed by atoms with E-state index in [1.54, 1.807) is 11.3 Å². The first-order valence-electron chi connectivity index (χ1n) is 5.00. The van der Waals surface area contributed by atoms with E-state index in [2.05, 4.69) is 18.1 Å². The number of hydrogen-bond acceptors (Lipinski definition) is 2. The minimum atomic E-state index is 0.753. The lowest BCUT2D eigenvalue weighted by Crippen LogP contribution is -2.08. The van der Waals surface area contributed by atoms with Gasteiger partial charge in [0.05, 0.1) is 5.69 Å². The van der Waals surface area contributed by atoms with Gasteiger partial charge < -0.3 is 4.57 Å². The van der Waals surface area contributed by atoms with Crippen molar-refractivity contribution >= 4 is 28.6 Å². The first-order valence-corrected chi connectivity index (χ1v) is 6.19. The molecule has 0 saturated heterocycles. The molecule has 0 bridgehead atoms. The van der Waals surface area contributed by atoms with E-state index in [0.717, 1.165) is 21.1 Å². The molecule has 16 heavy (non-hydrogen) atoms. The summed E-state index contributed by atoms with van der Waals surface area (Å²) in [6, 6.07) is 5.75. The van der Waals surface area contributed by atoms with Crippen LogP contribution in [0.4, 0.5) is 5.69 Å². The van der Waals surface area contributed by atoms with E-state index < -0.39 is 0 Å².